The second-order valence-electron chi connectivity index (χ2n) is 10.3. The number of hydrogen-bond acceptors (Lipinski definition) is 3. The van der Waals surface area contributed by atoms with Gasteiger partial charge in [0.25, 0.3) is 5.91 Å². The maximum atomic E-state index is 13.8. The lowest BCUT2D eigenvalue weighted by molar-refractivity contribution is -0.143. The number of benzene rings is 3. The number of nitrogens with zero attached hydrogens (tertiary/aromatic N) is 1. The van der Waals surface area contributed by atoms with Crippen molar-refractivity contribution < 1.29 is 14.3 Å². The molecular formula is C32H37ClN2O3. The first-order valence-corrected chi connectivity index (χ1v) is 13.9. The number of carbonyl (C=O) groups excluding carboxylic acids is 2. The zero-order valence-electron chi connectivity index (χ0n) is 22.2. The zero-order valence-corrected chi connectivity index (χ0v) is 23.0. The topological polar surface area (TPSA) is 58.6 Å². The van der Waals surface area contributed by atoms with Crippen LogP contribution in [0.4, 0.5) is 0 Å². The average molecular weight is 533 g/mol. The first-order chi connectivity index (χ1) is 18.4. The highest BCUT2D eigenvalue weighted by molar-refractivity contribution is 6.30. The molecule has 1 N–H and O–H groups in total. The second kappa shape index (κ2) is 13.5. The molecule has 0 saturated heterocycles. The van der Waals surface area contributed by atoms with E-state index in [0.29, 0.717) is 17.2 Å². The Balaban J connectivity index is 1.62. The van der Waals surface area contributed by atoms with Crippen LogP contribution >= 0.6 is 11.6 Å². The van der Waals surface area contributed by atoms with E-state index in [2.05, 4.69) is 19.2 Å². The molecule has 1 saturated carbocycles. The van der Waals surface area contributed by atoms with Crippen molar-refractivity contribution >= 4 is 23.4 Å². The Morgan fingerprint density at radius 1 is 0.921 bits per heavy atom. The van der Waals surface area contributed by atoms with Crippen LogP contribution in [-0.2, 0) is 22.6 Å². The summed E-state index contributed by atoms with van der Waals surface area (Å²) < 4.78 is 6.07. The molecule has 2 amide bonds. The van der Waals surface area contributed by atoms with Gasteiger partial charge < -0.3 is 15.0 Å². The van der Waals surface area contributed by atoms with Gasteiger partial charge in [-0.15, -0.1) is 0 Å². The smallest absolute Gasteiger partial charge is 0.261 e. The Morgan fingerprint density at radius 2 is 1.58 bits per heavy atom. The average Bonchev–Trinajstić information content (AvgIpc) is 3.44. The Morgan fingerprint density at radius 3 is 2.26 bits per heavy atom. The van der Waals surface area contributed by atoms with Gasteiger partial charge in [0.1, 0.15) is 11.8 Å². The predicted octanol–water partition coefficient (Wildman–Crippen LogP) is 6.54. The lowest BCUT2D eigenvalue weighted by Crippen LogP contribution is -2.53. The van der Waals surface area contributed by atoms with Gasteiger partial charge in [0.15, 0.2) is 6.61 Å². The van der Waals surface area contributed by atoms with Crippen LogP contribution in [0, 0.1) is 0 Å². The van der Waals surface area contributed by atoms with Crippen molar-refractivity contribution in [3.8, 4) is 5.75 Å². The minimum Gasteiger partial charge on any atom is -0.483 e. The van der Waals surface area contributed by atoms with Crippen LogP contribution < -0.4 is 10.1 Å². The molecule has 6 heteroatoms. The van der Waals surface area contributed by atoms with Crippen LogP contribution in [0.2, 0.25) is 5.02 Å². The van der Waals surface area contributed by atoms with Crippen molar-refractivity contribution in [3.05, 3.63) is 101 Å². The molecule has 38 heavy (non-hydrogen) atoms. The van der Waals surface area contributed by atoms with Gasteiger partial charge in [0, 0.05) is 24.0 Å². The summed E-state index contributed by atoms with van der Waals surface area (Å²) in [5.41, 5.74) is 2.94. The number of carbonyl (C=O) groups is 2. The summed E-state index contributed by atoms with van der Waals surface area (Å²) in [7, 11) is 0. The van der Waals surface area contributed by atoms with Gasteiger partial charge in [-0.25, -0.2) is 0 Å². The number of nitrogens with one attached hydrogen (secondary N) is 1. The molecule has 0 aliphatic heterocycles. The number of hydrogen-bond donors (Lipinski definition) is 1. The molecule has 0 heterocycles. The van der Waals surface area contributed by atoms with Crippen LogP contribution in [0.1, 0.15) is 62.1 Å². The fourth-order valence-corrected chi connectivity index (χ4v) is 5.15. The molecule has 4 rings (SSSR count). The molecule has 1 atom stereocenters. The van der Waals surface area contributed by atoms with Crippen molar-refractivity contribution in [2.75, 3.05) is 6.61 Å². The molecule has 0 bridgehead atoms. The van der Waals surface area contributed by atoms with E-state index in [-0.39, 0.29) is 36.9 Å². The standard InChI is InChI=1S/C32H37ClN2O3/c1-23(2)28-14-8-9-15-30(28)38-22-31(36)35(21-25-16-18-26(33)19-17-25)29(20-24-10-4-3-5-11-24)32(37)34-27-12-6-7-13-27/h3-5,8-11,14-19,23,27,29H,6-7,12-13,20-22H2,1-2H3,(H,34,37)/t29-/m0/s1. The third-order valence-electron chi connectivity index (χ3n) is 7.13. The molecule has 5 nitrogen and oxygen atoms in total. The van der Waals surface area contributed by atoms with E-state index in [4.69, 9.17) is 16.3 Å². The van der Waals surface area contributed by atoms with Gasteiger partial charge in [-0.1, -0.05) is 99.0 Å². The summed E-state index contributed by atoms with van der Waals surface area (Å²) in [6.45, 7) is 4.32. The molecule has 1 aliphatic carbocycles. The quantitative estimate of drug-likeness (QED) is 0.305. The maximum Gasteiger partial charge on any atom is 0.261 e. The Labute approximate surface area is 231 Å². The van der Waals surface area contributed by atoms with Crippen molar-refractivity contribution in [1.29, 1.82) is 0 Å². The fraction of sp³-hybridized carbons (Fsp3) is 0.375. The summed E-state index contributed by atoms with van der Waals surface area (Å²) in [6, 6.07) is 24.5. The lowest BCUT2D eigenvalue weighted by atomic mass is 10.0. The summed E-state index contributed by atoms with van der Waals surface area (Å²) in [6.07, 6.45) is 4.60. The van der Waals surface area contributed by atoms with Crippen LogP contribution in [0.3, 0.4) is 0 Å². The molecule has 0 unspecified atom stereocenters. The van der Waals surface area contributed by atoms with E-state index in [1.165, 1.54) is 0 Å². The van der Waals surface area contributed by atoms with Crippen LogP contribution in [0.25, 0.3) is 0 Å². The lowest BCUT2D eigenvalue weighted by Gasteiger charge is -2.32. The molecule has 0 radical (unpaired) electrons. The number of amides is 2. The van der Waals surface area contributed by atoms with Gasteiger partial charge >= 0.3 is 0 Å². The SMILES string of the molecule is CC(C)c1ccccc1OCC(=O)N(Cc1ccc(Cl)cc1)[C@@H](Cc1ccccc1)C(=O)NC1CCCC1. The van der Waals surface area contributed by atoms with Crippen LogP contribution in [0.5, 0.6) is 5.75 Å². The monoisotopic (exact) mass is 532 g/mol. The normalized spacial score (nSPS) is 14.3. The molecule has 200 valence electrons. The zero-order chi connectivity index (χ0) is 26.9. The molecule has 3 aromatic rings. The van der Waals surface area contributed by atoms with Gasteiger partial charge in [0.05, 0.1) is 0 Å². The summed E-state index contributed by atoms with van der Waals surface area (Å²) in [5, 5.41) is 3.86. The number of para-hydroxylation sites is 1. The molecule has 1 aliphatic rings. The number of halogens is 1. The van der Waals surface area contributed by atoms with Crippen molar-refractivity contribution in [3.63, 3.8) is 0 Å². The van der Waals surface area contributed by atoms with Gasteiger partial charge in [0.2, 0.25) is 5.91 Å². The van der Waals surface area contributed by atoms with Crippen molar-refractivity contribution in [2.24, 2.45) is 0 Å². The highest BCUT2D eigenvalue weighted by atomic mass is 35.5. The molecule has 1 fully saturated rings. The molecule has 0 spiro atoms. The van der Waals surface area contributed by atoms with E-state index in [0.717, 1.165) is 42.4 Å². The van der Waals surface area contributed by atoms with E-state index in [1.54, 1.807) is 17.0 Å². The second-order valence-corrected chi connectivity index (χ2v) is 10.8. The first-order valence-electron chi connectivity index (χ1n) is 13.5. The highest BCUT2D eigenvalue weighted by Gasteiger charge is 2.32. The van der Waals surface area contributed by atoms with Crippen LogP contribution in [0.15, 0.2) is 78.9 Å². The molecular weight excluding hydrogens is 496 g/mol. The number of ether oxygens (including phenoxy) is 1. The van der Waals surface area contributed by atoms with Gasteiger partial charge in [-0.05, 0) is 53.6 Å². The van der Waals surface area contributed by atoms with Gasteiger partial charge in [-0.2, -0.15) is 0 Å². The minimum absolute atomic E-state index is 0.120. The third kappa shape index (κ3) is 7.61. The third-order valence-corrected chi connectivity index (χ3v) is 7.38. The largest absolute Gasteiger partial charge is 0.483 e. The Bertz CT molecular complexity index is 1190. The van der Waals surface area contributed by atoms with Crippen LogP contribution in [-0.4, -0.2) is 35.4 Å². The molecule has 3 aromatic carbocycles. The highest BCUT2D eigenvalue weighted by Crippen LogP contribution is 2.26. The molecule has 0 aromatic heterocycles. The number of rotatable bonds is 11. The maximum absolute atomic E-state index is 13.8. The minimum atomic E-state index is -0.676. The van der Waals surface area contributed by atoms with Crippen molar-refractivity contribution in [1.82, 2.24) is 10.2 Å². The summed E-state index contributed by atoms with van der Waals surface area (Å²) in [5.74, 6) is 0.596. The predicted molar refractivity (Wildman–Crippen MR) is 152 cm³/mol. The Kier molecular flexibility index (Phi) is 9.83. The van der Waals surface area contributed by atoms with E-state index >= 15 is 0 Å². The summed E-state index contributed by atoms with van der Waals surface area (Å²) >= 11 is 6.12. The van der Waals surface area contributed by atoms with Crippen molar-refractivity contribution in [2.45, 2.75) is 70.5 Å². The first kappa shape index (κ1) is 27.7. The fourth-order valence-electron chi connectivity index (χ4n) is 5.02. The van der Waals surface area contributed by atoms with E-state index in [9.17, 15) is 9.59 Å². The van der Waals surface area contributed by atoms with Gasteiger partial charge in [-0.3, -0.25) is 9.59 Å². The van der Waals surface area contributed by atoms with E-state index < -0.39 is 6.04 Å². The Hall–Kier alpha value is -3.31. The van der Waals surface area contributed by atoms with E-state index in [1.807, 2.05) is 66.7 Å². The summed E-state index contributed by atoms with van der Waals surface area (Å²) in [4.78, 5) is 29.2.